The molecule has 0 aliphatic carbocycles. The van der Waals surface area contributed by atoms with Gasteiger partial charge < -0.3 is 5.32 Å². The summed E-state index contributed by atoms with van der Waals surface area (Å²) >= 11 is 6.23. The van der Waals surface area contributed by atoms with Gasteiger partial charge in [0.25, 0.3) is 0 Å². The van der Waals surface area contributed by atoms with Crippen LogP contribution in [-0.4, -0.2) is 17.0 Å². The first-order chi connectivity index (χ1) is 9.56. The predicted octanol–water partition coefficient (Wildman–Crippen LogP) is 4.41. The SMILES string of the molecule is CCCc1nc(NC)c(C)c(-c2ccc(C)c(Cl)c2)n1. The van der Waals surface area contributed by atoms with Gasteiger partial charge in [-0.1, -0.05) is 30.7 Å². The molecule has 0 unspecified atom stereocenters. The number of anilines is 1. The molecular weight excluding hydrogens is 270 g/mol. The van der Waals surface area contributed by atoms with Crippen molar-refractivity contribution in [2.24, 2.45) is 0 Å². The number of benzene rings is 1. The molecule has 4 heteroatoms. The number of hydrogen-bond acceptors (Lipinski definition) is 3. The molecule has 1 aromatic heterocycles. The van der Waals surface area contributed by atoms with Gasteiger partial charge in [0.2, 0.25) is 0 Å². The average Bonchev–Trinajstić information content (AvgIpc) is 2.44. The normalized spacial score (nSPS) is 10.7. The molecule has 20 heavy (non-hydrogen) atoms. The van der Waals surface area contributed by atoms with Gasteiger partial charge in [-0.3, -0.25) is 0 Å². The summed E-state index contributed by atoms with van der Waals surface area (Å²) in [5.74, 6) is 1.75. The second kappa shape index (κ2) is 6.23. The highest BCUT2D eigenvalue weighted by Gasteiger charge is 2.12. The van der Waals surface area contributed by atoms with Crippen LogP contribution in [0.4, 0.5) is 5.82 Å². The van der Waals surface area contributed by atoms with Crippen molar-refractivity contribution in [3.05, 3.63) is 40.2 Å². The highest BCUT2D eigenvalue weighted by atomic mass is 35.5. The maximum Gasteiger partial charge on any atom is 0.132 e. The van der Waals surface area contributed by atoms with Crippen LogP contribution in [0.2, 0.25) is 5.02 Å². The van der Waals surface area contributed by atoms with Crippen molar-refractivity contribution in [3.63, 3.8) is 0 Å². The van der Waals surface area contributed by atoms with E-state index < -0.39 is 0 Å². The van der Waals surface area contributed by atoms with Crippen molar-refractivity contribution >= 4 is 17.4 Å². The van der Waals surface area contributed by atoms with E-state index in [4.69, 9.17) is 16.6 Å². The van der Waals surface area contributed by atoms with E-state index in [1.165, 1.54) is 0 Å². The molecule has 0 aliphatic heterocycles. The monoisotopic (exact) mass is 289 g/mol. The lowest BCUT2D eigenvalue weighted by molar-refractivity contribution is 0.834. The topological polar surface area (TPSA) is 37.8 Å². The molecular formula is C16H20ClN3. The molecule has 3 nitrogen and oxygen atoms in total. The molecule has 1 aromatic carbocycles. The Kier molecular flexibility index (Phi) is 4.61. The molecule has 0 radical (unpaired) electrons. The second-order valence-corrected chi connectivity index (χ2v) is 5.33. The van der Waals surface area contributed by atoms with Crippen LogP contribution in [0.5, 0.6) is 0 Å². The van der Waals surface area contributed by atoms with Crippen LogP contribution in [0, 0.1) is 13.8 Å². The number of nitrogens with zero attached hydrogens (tertiary/aromatic N) is 2. The Hall–Kier alpha value is -1.61. The predicted molar refractivity (Wildman–Crippen MR) is 85.5 cm³/mol. The zero-order valence-electron chi connectivity index (χ0n) is 12.4. The van der Waals surface area contributed by atoms with Gasteiger partial charge in [-0.2, -0.15) is 0 Å². The number of nitrogens with one attached hydrogen (secondary N) is 1. The number of halogens is 1. The third-order valence-electron chi connectivity index (χ3n) is 3.35. The van der Waals surface area contributed by atoms with Gasteiger partial charge in [0, 0.05) is 29.6 Å². The summed E-state index contributed by atoms with van der Waals surface area (Å²) in [6.07, 6.45) is 1.90. The number of aromatic nitrogens is 2. The van der Waals surface area contributed by atoms with Gasteiger partial charge in [-0.25, -0.2) is 9.97 Å². The van der Waals surface area contributed by atoms with E-state index in [-0.39, 0.29) is 0 Å². The van der Waals surface area contributed by atoms with Gasteiger partial charge in [-0.05, 0) is 31.9 Å². The third kappa shape index (κ3) is 2.93. The lowest BCUT2D eigenvalue weighted by atomic mass is 10.1. The molecule has 0 bridgehead atoms. The van der Waals surface area contributed by atoms with Crippen LogP contribution in [0.15, 0.2) is 18.2 Å². The summed E-state index contributed by atoms with van der Waals surface area (Å²) in [4.78, 5) is 9.25. The molecule has 1 N–H and O–H groups in total. The molecule has 0 saturated heterocycles. The fourth-order valence-corrected chi connectivity index (χ4v) is 2.34. The molecule has 106 valence electrons. The molecule has 0 saturated carbocycles. The smallest absolute Gasteiger partial charge is 0.132 e. The van der Waals surface area contributed by atoms with Gasteiger partial charge in [0.1, 0.15) is 11.6 Å². The van der Waals surface area contributed by atoms with Gasteiger partial charge >= 0.3 is 0 Å². The average molecular weight is 290 g/mol. The summed E-state index contributed by atoms with van der Waals surface area (Å²) in [5.41, 5.74) is 4.11. The van der Waals surface area contributed by atoms with Gasteiger partial charge in [-0.15, -0.1) is 0 Å². The largest absolute Gasteiger partial charge is 0.373 e. The number of rotatable bonds is 4. The first kappa shape index (κ1) is 14.8. The van der Waals surface area contributed by atoms with Crippen LogP contribution in [0.1, 0.15) is 30.3 Å². The fraction of sp³-hybridized carbons (Fsp3) is 0.375. The van der Waals surface area contributed by atoms with E-state index in [1.54, 1.807) is 0 Å². The van der Waals surface area contributed by atoms with Crippen molar-refractivity contribution in [2.45, 2.75) is 33.6 Å². The van der Waals surface area contributed by atoms with Crippen LogP contribution in [0.3, 0.4) is 0 Å². The van der Waals surface area contributed by atoms with Crippen molar-refractivity contribution in [3.8, 4) is 11.3 Å². The Morgan fingerprint density at radius 3 is 2.55 bits per heavy atom. The highest BCUT2D eigenvalue weighted by molar-refractivity contribution is 6.31. The first-order valence-corrected chi connectivity index (χ1v) is 7.26. The van der Waals surface area contributed by atoms with Crippen LogP contribution in [-0.2, 0) is 6.42 Å². The van der Waals surface area contributed by atoms with Gasteiger partial charge in [0.05, 0.1) is 5.69 Å². The number of aryl methyl sites for hydroxylation is 2. The van der Waals surface area contributed by atoms with Crippen molar-refractivity contribution in [1.29, 1.82) is 0 Å². The van der Waals surface area contributed by atoms with Crippen molar-refractivity contribution in [1.82, 2.24) is 9.97 Å². The molecule has 0 spiro atoms. The van der Waals surface area contributed by atoms with E-state index in [0.717, 1.165) is 51.9 Å². The lowest BCUT2D eigenvalue weighted by Crippen LogP contribution is -2.05. The molecule has 0 amide bonds. The Balaban J connectivity index is 2.58. The molecule has 0 atom stereocenters. The van der Waals surface area contributed by atoms with E-state index >= 15 is 0 Å². The van der Waals surface area contributed by atoms with E-state index in [1.807, 2.05) is 33.0 Å². The van der Waals surface area contributed by atoms with E-state index in [2.05, 4.69) is 23.3 Å². The minimum Gasteiger partial charge on any atom is -0.373 e. The maximum absolute atomic E-state index is 6.23. The standard InChI is InChI=1S/C16H20ClN3/c1-5-6-14-19-15(11(3)16(18-4)20-14)12-8-7-10(2)13(17)9-12/h7-9H,5-6H2,1-4H3,(H,18,19,20). The summed E-state index contributed by atoms with van der Waals surface area (Å²) in [7, 11) is 1.89. The summed E-state index contributed by atoms with van der Waals surface area (Å²) < 4.78 is 0. The number of hydrogen-bond donors (Lipinski definition) is 1. The molecule has 0 aliphatic rings. The van der Waals surface area contributed by atoms with Crippen molar-refractivity contribution < 1.29 is 0 Å². The zero-order valence-corrected chi connectivity index (χ0v) is 13.2. The molecule has 2 aromatic rings. The highest BCUT2D eigenvalue weighted by Crippen LogP contribution is 2.29. The Morgan fingerprint density at radius 1 is 1.20 bits per heavy atom. The van der Waals surface area contributed by atoms with Crippen LogP contribution < -0.4 is 5.32 Å². The zero-order chi connectivity index (χ0) is 14.7. The first-order valence-electron chi connectivity index (χ1n) is 6.88. The Bertz CT molecular complexity index is 623. The summed E-state index contributed by atoms with van der Waals surface area (Å²) in [6, 6.07) is 6.06. The second-order valence-electron chi connectivity index (χ2n) is 4.93. The summed E-state index contributed by atoms with van der Waals surface area (Å²) in [5, 5.41) is 3.91. The van der Waals surface area contributed by atoms with Gasteiger partial charge in [0.15, 0.2) is 0 Å². The quantitative estimate of drug-likeness (QED) is 0.906. The van der Waals surface area contributed by atoms with E-state index in [9.17, 15) is 0 Å². The minimum absolute atomic E-state index is 0.767. The van der Waals surface area contributed by atoms with E-state index in [0.29, 0.717) is 0 Å². The summed E-state index contributed by atoms with van der Waals surface area (Å²) in [6.45, 7) is 6.16. The van der Waals surface area contributed by atoms with Crippen LogP contribution in [0.25, 0.3) is 11.3 Å². The Labute approximate surface area is 125 Å². The Morgan fingerprint density at radius 2 is 1.95 bits per heavy atom. The molecule has 1 heterocycles. The maximum atomic E-state index is 6.23. The lowest BCUT2D eigenvalue weighted by Gasteiger charge is -2.13. The van der Waals surface area contributed by atoms with Crippen LogP contribution >= 0.6 is 11.6 Å². The third-order valence-corrected chi connectivity index (χ3v) is 3.76. The van der Waals surface area contributed by atoms with Crippen molar-refractivity contribution in [2.75, 3.05) is 12.4 Å². The fourth-order valence-electron chi connectivity index (χ4n) is 2.16. The molecule has 2 rings (SSSR count). The minimum atomic E-state index is 0.767. The molecule has 0 fully saturated rings.